The van der Waals surface area contributed by atoms with Gasteiger partial charge in [0.15, 0.2) is 0 Å². The molecule has 20 heavy (non-hydrogen) atoms. The molecule has 0 aliphatic carbocycles. The minimum atomic E-state index is 0.205. The summed E-state index contributed by atoms with van der Waals surface area (Å²) >= 11 is 0. The number of nitrogens with zero attached hydrogens (tertiary/aromatic N) is 2. The van der Waals surface area contributed by atoms with Crippen molar-refractivity contribution in [2.45, 2.75) is 39.3 Å². The summed E-state index contributed by atoms with van der Waals surface area (Å²) in [6.07, 6.45) is 4.59. The number of fused-ring (bicyclic) bond motifs is 1. The van der Waals surface area contributed by atoms with E-state index in [0.717, 1.165) is 37.1 Å². The average Bonchev–Trinajstić information content (AvgIpc) is 2.41. The van der Waals surface area contributed by atoms with Gasteiger partial charge in [-0.15, -0.1) is 0 Å². The normalized spacial score (nSPS) is 11.9. The van der Waals surface area contributed by atoms with Crippen LogP contribution in [0.25, 0.3) is 11.0 Å². The molecule has 1 heterocycles. The fourth-order valence-electron chi connectivity index (χ4n) is 2.03. The Balaban J connectivity index is 1.73. The van der Waals surface area contributed by atoms with Gasteiger partial charge in [0, 0.05) is 24.5 Å². The Morgan fingerprint density at radius 3 is 2.50 bits per heavy atom. The highest BCUT2D eigenvalue weighted by atomic mass is 14.9. The first-order valence-corrected chi connectivity index (χ1v) is 7.20. The molecule has 0 saturated heterocycles. The first kappa shape index (κ1) is 14.9. The molecule has 0 saturated carbocycles. The van der Waals surface area contributed by atoms with E-state index in [4.69, 9.17) is 0 Å². The van der Waals surface area contributed by atoms with Crippen molar-refractivity contribution in [1.82, 2.24) is 20.6 Å². The summed E-state index contributed by atoms with van der Waals surface area (Å²) in [5, 5.41) is 6.95. The van der Waals surface area contributed by atoms with Crippen LogP contribution in [-0.2, 0) is 6.54 Å². The van der Waals surface area contributed by atoms with E-state index in [2.05, 4.69) is 53.5 Å². The van der Waals surface area contributed by atoms with E-state index in [1.54, 1.807) is 12.4 Å². The minimum absolute atomic E-state index is 0.205. The predicted molar refractivity (Wildman–Crippen MR) is 83.6 cm³/mol. The summed E-state index contributed by atoms with van der Waals surface area (Å²) in [5.74, 6) is 0. The Kier molecular flexibility index (Phi) is 5.04. The largest absolute Gasteiger partial charge is 0.313 e. The van der Waals surface area contributed by atoms with E-state index in [1.165, 1.54) is 5.56 Å². The number of hydrogen-bond donors (Lipinski definition) is 2. The molecule has 0 aliphatic heterocycles. The maximum Gasteiger partial charge on any atom is 0.0890 e. The van der Waals surface area contributed by atoms with Gasteiger partial charge in [0.25, 0.3) is 0 Å². The van der Waals surface area contributed by atoms with Crippen LogP contribution in [0.1, 0.15) is 32.8 Å². The summed E-state index contributed by atoms with van der Waals surface area (Å²) in [6.45, 7) is 9.51. The molecule has 4 heteroatoms. The quantitative estimate of drug-likeness (QED) is 0.793. The lowest BCUT2D eigenvalue weighted by Crippen LogP contribution is -2.37. The molecule has 2 rings (SSSR count). The highest BCUT2D eigenvalue weighted by molar-refractivity contribution is 5.74. The molecule has 0 aliphatic rings. The van der Waals surface area contributed by atoms with Crippen LogP contribution in [-0.4, -0.2) is 28.6 Å². The number of nitrogens with one attached hydrogen (secondary N) is 2. The van der Waals surface area contributed by atoms with Crippen molar-refractivity contribution >= 4 is 11.0 Å². The van der Waals surface area contributed by atoms with Crippen molar-refractivity contribution in [3.8, 4) is 0 Å². The summed E-state index contributed by atoms with van der Waals surface area (Å²) < 4.78 is 0. The van der Waals surface area contributed by atoms with E-state index in [0.29, 0.717) is 0 Å². The lowest BCUT2D eigenvalue weighted by molar-refractivity contribution is 0.418. The third kappa shape index (κ3) is 4.87. The van der Waals surface area contributed by atoms with Gasteiger partial charge in [-0.05, 0) is 58.0 Å². The van der Waals surface area contributed by atoms with Gasteiger partial charge in [-0.25, -0.2) is 0 Å². The average molecular weight is 272 g/mol. The van der Waals surface area contributed by atoms with Crippen molar-refractivity contribution in [3.63, 3.8) is 0 Å². The van der Waals surface area contributed by atoms with Gasteiger partial charge in [-0.2, -0.15) is 0 Å². The maximum absolute atomic E-state index is 4.33. The SMILES string of the molecule is CC(C)(C)NCCCNCc1ccc2nccnc2c1. The van der Waals surface area contributed by atoms with Crippen LogP contribution in [0.5, 0.6) is 0 Å². The van der Waals surface area contributed by atoms with Gasteiger partial charge in [0.05, 0.1) is 11.0 Å². The topological polar surface area (TPSA) is 49.8 Å². The van der Waals surface area contributed by atoms with Crippen LogP contribution in [0, 0.1) is 0 Å². The highest BCUT2D eigenvalue weighted by Crippen LogP contribution is 2.10. The van der Waals surface area contributed by atoms with Crippen molar-refractivity contribution < 1.29 is 0 Å². The van der Waals surface area contributed by atoms with Crippen LogP contribution in [0.15, 0.2) is 30.6 Å². The molecular formula is C16H24N4. The molecule has 0 atom stereocenters. The maximum atomic E-state index is 4.33. The zero-order valence-electron chi connectivity index (χ0n) is 12.6. The lowest BCUT2D eigenvalue weighted by Gasteiger charge is -2.20. The monoisotopic (exact) mass is 272 g/mol. The van der Waals surface area contributed by atoms with Crippen molar-refractivity contribution in [1.29, 1.82) is 0 Å². The summed E-state index contributed by atoms with van der Waals surface area (Å²) in [4.78, 5) is 8.60. The molecule has 0 unspecified atom stereocenters. The standard InChI is InChI=1S/C16H24N4/c1-16(2,3)20-8-4-7-17-12-13-5-6-14-15(11-13)19-10-9-18-14/h5-6,9-11,17,20H,4,7-8,12H2,1-3H3. The predicted octanol–water partition coefficient (Wildman–Crippen LogP) is 2.50. The Labute approximate surface area is 121 Å². The fourth-order valence-corrected chi connectivity index (χ4v) is 2.03. The Hall–Kier alpha value is -1.52. The molecule has 0 spiro atoms. The van der Waals surface area contributed by atoms with Crippen LogP contribution in [0.4, 0.5) is 0 Å². The second-order valence-corrected chi connectivity index (χ2v) is 6.09. The second kappa shape index (κ2) is 6.77. The van der Waals surface area contributed by atoms with E-state index >= 15 is 0 Å². The van der Waals surface area contributed by atoms with E-state index in [1.807, 2.05) is 6.07 Å². The van der Waals surface area contributed by atoms with E-state index in [9.17, 15) is 0 Å². The first-order chi connectivity index (χ1) is 9.54. The Bertz CT molecular complexity index is 545. The van der Waals surface area contributed by atoms with E-state index in [-0.39, 0.29) is 5.54 Å². The number of rotatable bonds is 6. The molecule has 4 nitrogen and oxygen atoms in total. The van der Waals surface area contributed by atoms with Gasteiger partial charge < -0.3 is 10.6 Å². The first-order valence-electron chi connectivity index (χ1n) is 7.20. The van der Waals surface area contributed by atoms with Crippen molar-refractivity contribution in [2.24, 2.45) is 0 Å². The molecule has 0 bridgehead atoms. The van der Waals surface area contributed by atoms with Gasteiger partial charge in [-0.1, -0.05) is 6.07 Å². The molecule has 2 N–H and O–H groups in total. The zero-order valence-corrected chi connectivity index (χ0v) is 12.6. The van der Waals surface area contributed by atoms with Crippen LogP contribution in [0.2, 0.25) is 0 Å². The van der Waals surface area contributed by atoms with Gasteiger partial charge in [0.1, 0.15) is 0 Å². The van der Waals surface area contributed by atoms with Gasteiger partial charge in [0.2, 0.25) is 0 Å². The molecule has 0 fully saturated rings. The number of aromatic nitrogens is 2. The zero-order chi connectivity index (χ0) is 14.4. The molecule has 1 aromatic heterocycles. The van der Waals surface area contributed by atoms with Crippen LogP contribution >= 0.6 is 0 Å². The highest BCUT2D eigenvalue weighted by Gasteiger charge is 2.06. The summed E-state index contributed by atoms with van der Waals surface area (Å²) in [7, 11) is 0. The third-order valence-electron chi connectivity index (χ3n) is 3.05. The lowest BCUT2D eigenvalue weighted by atomic mass is 10.1. The molecule has 0 amide bonds. The number of hydrogen-bond acceptors (Lipinski definition) is 4. The van der Waals surface area contributed by atoms with Crippen LogP contribution < -0.4 is 10.6 Å². The molecule has 2 aromatic rings. The summed E-state index contributed by atoms with van der Waals surface area (Å²) in [5.41, 5.74) is 3.37. The fraction of sp³-hybridized carbons (Fsp3) is 0.500. The molecule has 1 aromatic carbocycles. The Morgan fingerprint density at radius 1 is 1.00 bits per heavy atom. The van der Waals surface area contributed by atoms with Crippen molar-refractivity contribution in [2.75, 3.05) is 13.1 Å². The van der Waals surface area contributed by atoms with E-state index < -0.39 is 0 Å². The minimum Gasteiger partial charge on any atom is -0.313 e. The second-order valence-electron chi connectivity index (χ2n) is 6.09. The Morgan fingerprint density at radius 2 is 1.75 bits per heavy atom. The number of benzene rings is 1. The van der Waals surface area contributed by atoms with Gasteiger partial charge >= 0.3 is 0 Å². The van der Waals surface area contributed by atoms with Gasteiger partial charge in [-0.3, -0.25) is 9.97 Å². The smallest absolute Gasteiger partial charge is 0.0890 e. The molecule has 108 valence electrons. The molecule has 0 radical (unpaired) electrons. The molecular weight excluding hydrogens is 248 g/mol. The summed E-state index contributed by atoms with van der Waals surface area (Å²) in [6, 6.07) is 6.24. The van der Waals surface area contributed by atoms with Crippen molar-refractivity contribution in [3.05, 3.63) is 36.2 Å². The van der Waals surface area contributed by atoms with Crippen LogP contribution in [0.3, 0.4) is 0 Å². The third-order valence-corrected chi connectivity index (χ3v) is 3.05.